The van der Waals surface area contributed by atoms with E-state index in [9.17, 15) is 18.4 Å². The number of nitrogens with zero attached hydrogens (tertiary/aromatic N) is 2. The van der Waals surface area contributed by atoms with E-state index in [0.717, 1.165) is 18.3 Å². The molecule has 1 heterocycles. The number of rotatable bonds is 7. The largest absolute Gasteiger partial charge is 0.394 e. The van der Waals surface area contributed by atoms with Gasteiger partial charge in [0.05, 0.1) is 17.5 Å². The first-order valence-electron chi connectivity index (χ1n) is 10.7. The van der Waals surface area contributed by atoms with E-state index < -0.39 is 35.4 Å². The van der Waals surface area contributed by atoms with Crippen LogP contribution >= 0.6 is 0 Å². The number of halogens is 2. The first kappa shape index (κ1) is 24.6. The average molecular weight is 466 g/mol. The van der Waals surface area contributed by atoms with Crippen molar-refractivity contribution in [3.8, 4) is 6.07 Å². The zero-order valence-corrected chi connectivity index (χ0v) is 19.0. The molecule has 176 valence electrons. The lowest BCUT2D eigenvalue weighted by Crippen LogP contribution is -2.53. The quantitative estimate of drug-likeness (QED) is 0.541. The van der Waals surface area contributed by atoms with Gasteiger partial charge in [0.25, 0.3) is 5.91 Å². The molecule has 0 saturated heterocycles. The van der Waals surface area contributed by atoms with E-state index in [0.29, 0.717) is 11.1 Å². The molecule has 2 aromatic rings. The Hall–Kier alpha value is -4.06. The first-order chi connectivity index (χ1) is 16.2. The van der Waals surface area contributed by atoms with Gasteiger partial charge in [0.15, 0.2) is 0 Å². The minimum atomic E-state index is -0.996. The Balaban J connectivity index is 2.18. The third-order valence-electron chi connectivity index (χ3n) is 5.51. The summed E-state index contributed by atoms with van der Waals surface area (Å²) in [6, 6.07) is 8.19. The van der Waals surface area contributed by atoms with Crippen LogP contribution in [0.3, 0.4) is 0 Å². The zero-order chi connectivity index (χ0) is 25.0. The van der Waals surface area contributed by atoms with E-state index in [4.69, 9.17) is 10.7 Å². The van der Waals surface area contributed by atoms with E-state index in [-0.39, 0.29) is 29.3 Å². The highest BCUT2D eigenvalue weighted by Crippen LogP contribution is 2.38. The maximum absolute atomic E-state index is 14.1. The van der Waals surface area contributed by atoms with Crippen LogP contribution in [0.2, 0.25) is 0 Å². The van der Waals surface area contributed by atoms with Gasteiger partial charge < -0.3 is 20.9 Å². The number of fused-ring (bicyclic) bond motifs is 1. The summed E-state index contributed by atoms with van der Waals surface area (Å²) in [5, 5.41) is 22.6. The van der Waals surface area contributed by atoms with Crippen LogP contribution in [0.4, 0.5) is 14.5 Å². The number of amides is 2. The van der Waals surface area contributed by atoms with Crippen molar-refractivity contribution in [2.75, 3.05) is 18.9 Å². The molecule has 0 aromatic heterocycles. The predicted octanol–water partition coefficient (Wildman–Crippen LogP) is 3.79. The number of nitriles is 1. The molecule has 34 heavy (non-hydrogen) atoms. The molecule has 0 radical (unpaired) electrons. The molecule has 2 atom stereocenters. The fourth-order valence-corrected chi connectivity index (χ4v) is 4.15. The lowest BCUT2D eigenvalue weighted by atomic mass is 9.78. The standard InChI is InChI=1S/C25H25F2N5O2/c1-14(2)13-32-23(16(11-29)12-30-3)22(19-6-4-17(26)9-20(19)25(32)34)24(33)31-18-5-7-21(27)15(8-18)10-28/h4-9,11-12,14,22-23,29-30H,13H2,1-3H3,(H,31,33)/b16-12+,29-11?/t22-,23?/m1/s1. The van der Waals surface area contributed by atoms with Crippen LogP contribution in [0.1, 0.15) is 41.3 Å². The number of hydrogen-bond donors (Lipinski definition) is 3. The molecule has 3 rings (SSSR count). The van der Waals surface area contributed by atoms with Gasteiger partial charge in [-0.05, 0) is 41.8 Å². The summed E-state index contributed by atoms with van der Waals surface area (Å²) in [5.41, 5.74) is 0.741. The van der Waals surface area contributed by atoms with E-state index in [1.807, 2.05) is 13.8 Å². The van der Waals surface area contributed by atoms with Crippen molar-refractivity contribution in [1.29, 1.82) is 10.7 Å². The van der Waals surface area contributed by atoms with Crippen molar-refractivity contribution < 1.29 is 18.4 Å². The van der Waals surface area contributed by atoms with Crippen LogP contribution in [0.5, 0.6) is 0 Å². The van der Waals surface area contributed by atoms with Crippen LogP contribution in [-0.2, 0) is 4.79 Å². The topological polar surface area (TPSA) is 109 Å². The van der Waals surface area contributed by atoms with Crippen molar-refractivity contribution in [3.05, 3.63) is 76.5 Å². The van der Waals surface area contributed by atoms with Crippen LogP contribution in [0.25, 0.3) is 0 Å². The van der Waals surface area contributed by atoms with E-state index >= 15 is 0 Å². The summed E-state index contributed by atoms with van der Waals surface area (Å²) in [6.07, 6.45) is 2.61. The van der Waals surface area contributed by atoms with E-state index in [1.165, 1.54) is 29.2 Å². The SMILES string of the molecule is CN/C=C(\C=N)C1[C@H](C(=O)Nc2ccc(F)c(C#N)c2)c2ccc(F)cc2C(=O)N1CC(C)C. The molecule has 2 aromatic carbocycles. The van der Waals surface area contributed by atoms with Gasteiger partial charge in [-0.15, -0.1) is 0 Å². The molecule has 9 heteroatoms. The maximum atomic E-state index is 14.1. The fourth-order valence-electron chi connectivity index (χ4n) is 4.15. The molecule has 0 saturated carbocycles. The van der Waals surface area contributed by atoms with Gasteiger partial charge in [0.1, 0.15) is 17.7 Å². The van der Waals surface area contributed by atoms with Gasteiger partial charge in [-0.2, -0.15) is 5.26 Å². The third-order valence-corrected chi connectivity index (χ3v) is 5.51. The Morgan fingerprint density at radius 3 is 2.62 bits per heavy atom. The summed E-state index contributed by atoms with van der Waals surface area (Å²) in [7, 11) is 1.64. The van der Waals surface area contributed by atoms with Crippen molar-refractivity contribution in [2.24, 2.45) is 5.92 Å². The molecular formula is C25H25F2N5O2. The molecular weight excluding hydrogens is 440 g/mol. The molecule has 0 aliphatic carbocycles. The van der Waals surface area contributed by atoms with Crippen molar-refractivity contribution in [3.63, 3.8) is 0 Å². The van der Waals surface area contributed by atoms with Crippen LogP contribution < -0.4 is 10.6 Å². The summed E-state index contributed by atoms with van der Waals surface area (Å²) >= 11 is 0. The van der Waals surface area contributed by atoms with Gasteiger partial charge in [-0.1, -0.05) is 19.9 Å². The Labute approximate surface area is 196 Å². The summed E-state index contributed by atoms with van der Waals surface area (Å²) in [5.74, 6) is -3.27. The zero-order valence-electron chi connectivity index (χ0n) is 19.0. The molecule has 1 unspecified atom stereocenters. The third kappa shape index (κ3) is 4.81. The molecule has 0 fully saturated rings. The number of carbonyl (C=O) groups excluding carboxylic acids is 2. The van der Waals surface area contributed by atoms with Crippen LogP contribution in [-0.4, -0.2) is 42.6 Å². The van der Waals surface area contributed by atoms with Gasteiger partial charge in [0.2, 0.25) is 5.91 Å². The highest BCUT2D eigenvalue weighted by atomic mass is 19.1. The number of hydrogen-bond acceptors (Lipinski definition) is 5. The minimum Gasteiger partial charge on any atom is -0.394 e. The van der Waals surface area contributed by atoms with Gasteiger partial charge >= 0.3 is 0 Å². The normalized spacial score (nSPS) is 17.7. The Kier molecular flexibility index (Phi) is 7.41. The highest BCUT2D eigenvalue weighted by Gasteiger charge is 2.45. The second-order valence-electron chi connectivity index (χ2n) is 8.38. The Morgan fingerprint density at radius 1 is 1.26 bits per heavy atom. The number of anilines is 1. The number of nitrogens with one attached hydrogen (secondary N) is 3. The minimum absolute atomic E-state index is 0.0297. The van der Waals surface area contributed by atoms with E-state index in [2.05, 4.69) is 10.6 Å². The lowest BCUT2D eigenvalue weighted by molar-refractivity contribution is -0.118. The number of carbonyl (C=O) groups is 2. The van der Waals surface area contributed by atoms with Gasteiger partial charge in [-0.3, -0.25) is 9.59 Å². The molecule has 0 spiro atoms. The first-order valence-corrected chi connectivity index (χ1v) is 10.7. The van der Waals surface area contributed by atoms with Crippen molar-refractivity contribution >= 4 is 23.7 Å². The molecule has 1 aliphatic rings. The van der Waals surface area contributed by atoms with E-state index in [1.54, 1.807) is 19.3 Å². The molecule has 0 bridgehead atoms. The Bertz CT molecular complexity index is 1200. The second-order valence-corrected chi connectivity index (χ2v) is 8.38. The predicted molar refractivity (Wildman–Crippen MR) is 124 cm³/mol. The van der Waals surface area contributed by atoms with Crippen LogP contribution in [0, 0.1) is 34.3 Å². The smallest absolute Gasteiger partial charge is 0.254 e. The molecule has 1 aliphatic heterocycles. The average Bonchev–Trinajstić information content (AvgIpc) is 2.80. The number of benzene rings is 2. The maximum Gasteiger partial charge on any atom is 0.254 e. The Morgan fingerprint density at radius 2 is 2.00 bits per heavy atom. The molecule has 7 nitrogen and oxygen atoms in total. The van der Waals surface area contributed by atoms with Crippen LogP contribution in [0.15, 0.2) is 48.2 Å². The molecule has 2 amide bonds. The summed E-state index contributed by atoms with van der Waals surface area (Å²) in [6.45, 7) is 4.09. The molecule has 3 N–H and O–H groups in total. The summed E-state index contributed by atoms with van der Waals surface area (Å²) in [4.78, 5) is 28.5. The van der Waals surface area contributed by atoms with Crippen molar-refractivity contribution in [2.45, 2.75) is 25.8 Å². The van der Waals surface area contributed by atoms with Gasteiger partial charge in [0, 0.05) is 42.8 Å². The lowest BCUT2D eigenvalue weighted by Gasteiger charge is -2.42. The second kappa shape index (κ2) is 10.3. The van der Waals surface area contributed by atoms with Gasteiger partial charge in [-0.25, -0.2) is 8.78 Å². The highest BCUT2D eigenvalue weighted by molar-refractivity contribution is 6.06. The van der Waals surface area contributed by atoms with Crippen molar-refractivity contribution in [1.82, 2.24) is 10.2 Å². The monoisotopic (exact) mass is 465 g/mol. The fraction of sp³-hybridized carbons (Fsp3) is 0.280. The summed E-state index contributed by atoms with van der Waals surface area (Å²) < 4.78 is 27.9.